The van der Waals surface area contributed by atoms with Gasteiger partial charge >= 0.3 is 7.82 Å². The molecule has 2 atom stereocenters. The minimum absolute atomic E-state index is 0.0913. The van der Waals surface area contributed by atoms with E-state index in [1.165, 1.54) is 11.1 Å². The Hall–Kier alpha value is -2.74. The third-order valence-corrected chi connectivity index (χ3v) is 12.8. The Morgan fingerprint density at radius 2 is 1.44 bits per heavy atom. The van der Waals surface area contributed by atoms with Gasteiger partial charge in [-0.15, -0.1) is 0 Å². The lowest BCUT2D eigenvalue weighted by Gasteiger charge is -2.24. The number of carbonyl (C=O) groups excluding carboxylic acids is 1. The summed E-state index contributed by atoms with van der Waals surface area (Å²) in [6.07, 6.45) is 17.2. The van der Waals surface area contributed by atoms with E-state index in [4.69, 9.17) is 27.1 Å². The Kier molecular flexibility index (Phi) is 24.0. The van der Waals surface area contributed by atoms with E-state index < -0.39 is 15.9 Å². The first-order valence-electron chi connectivity index (χ1n) is 21.6. The molecule has 0 fully saturated rings. The molecule has 0 aliphatic carbocycles. The second-order valence-electron chi connectivity index (χ2n) is 15.2. The van der Waals surface area contributed by atoms with Gasteiger partial charge in [0.2, 0.25) is 9.03 Å². The van der Waals surface area contributed by atoms with Gasteiger partial charge < -0.3 is 28.3 Å². The number of nitrogens with one attached hydrogen (secondary N) is 1. The normalized spacial score (nSPS) is 13.9. The summed E-state index contributed by atoms with van der Waals surface area (Å²) in [5.41, 5.74) is 6.16. The van der Waals surface area contributed by atoms with Crippen molar-refractivity contribution in [3.8, 4) is 11.5 Å². The molecule has 1 amide bonds. The first kappa shape index (κ1) is 50.6. The number of unbranched alkanes of at least 4 members (excludes halogenated alkanes) is 4. The van der Waals surface area contributed by atoms with Gasteiger partial charge in [0.1, 0.15) is 5.75 Å². The number of allylic oxidation sites excluding steroid dienone is 5. The Balaban J connectivity index is 2.13. The summed E-state index contributed by atoms with van der Waals surface area (Å²) < 4.78 is 63.2. The Bertz CT molecular complexity index is 1760. The van der Waals surface area contributed by atoms with Gasteiger partial charge in [-0.1, -0.05) is 94.4 Å². The van der Waals surface area contributed by atoms with Crippen molar-refractivity contribution in [1.82, 2.24) is 0 Å². The van der Waals surface area contributed by atoms with Crippen molar-refractivity contribution in [3.63, 3.8) is 0 Å². The summed E-state index contributed by atoms with van der Waals surface area (Å²) in [5.74, 6) is 0.315. The number of para-hydroxylation sites is 1. The van der Waals surface area contributed by atoms with Gasteiger partial charge in [0.25, 0.3) is 5.91 Å². The van der Waals surface area contributed by atoms with E-state index in [1.54, 1.807) is 23.1 Å². The SMILES string of the molecule is CCCCOPOc1cc(C[PH](=O)OCCCC)c2c(c1)N(C/C=C(\C)CC/C=C(\C)CCC=C(C)C)C(=O)c1cccc(OP(=O)(OCCCC)OCCCC)c1N2. The molecule has 2 unspecified atom stereocenters. The number of benzene rings is 2. The molecule has 2 aromatic carbocycles. The van der Waals surface area contributed by atoms with Crippen LogP contribution in [0.3, 0.4) is 0 Å². The molecule has 1 N–H and O–H groups in total. The number of hydrogen-bond donors (Lipinski definition) is 1. The number of phosphoric acid groups is 1. The van der Waals surface area contributed by atoms with E-state index in [0.29, 0.717) is 60.0 Å². The van der Waals surface area contributed by atoms with Crippen LogP contribution in [0.25, 0.3) is 0 Å². The highest BCUT2D eigenvalue weighted by Gasteiger charge is 2.34. The minimum Gasteiger partial charge on any atom is -0.450 e. The summed E-state index contributed by atoms with van der Waals surface area (Å²) >= 11 is 0. The molecule has 3 rings (SSSR count). The fourth-order valence-electron chi connectivity index (χ4n) is 6.00. The average Bonchev–Trinajstić information content (AvgIpc) is 3.31. The zero-order valence-corrected chi connectivity index (χ0v) is 39.8. The Labute approximate surface area is 357 Å². The van der Waals surface area contributed by atoms with Crippen LogP contribution < -0.4 is 19.3 Å². The van der Waals surface area contributed by atoms with Gasteiger partial charge in [0, 0.05) is 18.8 Å². The topological polar surface area (TPSA) is 122 Å². The van der Waals surface area contributed by atoms with Gasteiger partial charge in [-0.05, 0) is 103 Å². The zero-order valence-electron chi connectivity index (χ0n) is 36.9. The molecule has 1 aliphatic heterocycles. The number of nitrogens with zero attached hydrogens (tertiary/aromatic N) is 1. The van der Waals surface area contributed by atoms with Crippen LogP contribution >= 0.6 is 24.9 Å². The van der Waals surface area contributed by atoms with Gasteiger partial charge in [-0.2, -0.15) is 0 Å². The number of phosphoric ester groups is 1. The maximum atomic E-state index is 14.9. The largest absolute Gasteiger partial charge is 0.530 e. The molecule has 0 bridgehead atoms. The van der Waals surface area contributed by atoms with Crippen molar-refractivity contribution in [2.45, 2.75) is 139 Å². The Morgan fingerprint density at radius 3 is 2.10 bits per heavy atom. The predicted molar refractivity (Wildman–Crippen MR) is 247 cm³/mol. The van der Waals surface area contributed by atoms with E-state index in [1.807, 2.05) is 26.0 Å². The molecule has 330 valence electrons. The number of carbonyl (C=O) groups is 1. The van der Waals surface area contributed by atoms with E-state index in [2.05, 4.69) is 65.1 Å². The highest BCUT2D eigenvalue weighted by molar-refractivity contribution is 7.49. The second-order valence-corrected chi connectivity index (χ2v) is 18.8. The predicted octanol–water partition coefficient (Wildman–Crippen LogP) is 14.4. The number of fused-ring (bicyclic) bond motifs is 2. The van der Waals surface area contributed by atoms with Crippen LogP contribution in [0, 0.1) is 0 Å². The lowest BCUT2D eigenvalue weighted by Crippen LogP contribution is -2.30. The van der Waals surface area contributed by atoms with Crippen molar-refractivity contribution in [2.24, 2.45) is 0 Å². The number of hydrogen-bond acceptors (Lipinski definition) is 10. The van der Waals surface area contributed by atoms with Crippen LogP contribution in [-0.2, 0) is 33.4 Å². The van der Waals surface area contributed by atoms with E-state index in [-0.39, 0.29) is 46.6 Å². The van der Waals surface area contributed by atoms with Gasteiger partial charge in [0.05, 0.1) is 49.1 Å². The van der Waals surface area contributed by atoms with Gasteiger partial charge in [0.15, 0.2) is 13.8 Å². The number of anilines is 3. The van der Waals surface area contributed by atoms with Crippen LogP contribution in [-0.4, -0.2) is 38.9 Å². The quantitative estimate of drug-likeness (QED) is 0.0461. The standard InChI is InChI=1S/C45H71N2O9P3/c1-9-13-28-51-57-55-39-32-38(34-58(49)52-29-14-10-2)43-41(33-39)47(27-26-37(8)23-18-22-36(7)21-17-20-35(5)6)45(48)40-24-19-25-42(44(40)46-43)56-59(50,53-30-15-11-3)54-31-16-12-4/h19-20,22,24-26,32-33,46,57-58H,9-18,21,23,27-31,34H2,1-8H3/b36-22+,37-26+. The molecule has 0 saturated heterocycles. The first-order chi connectivity index (χ1) is 28.4. The molecule has 14 heteroatoms. The third-order valence-electron chi connectivity index (χ3n) is 9.58. The molecule has 59 heavy (non-hydrogen) atoms. The summed E-state index contributed by atoms with van der Waals surface area (Å²) in [6.45, 7) is 18.3. The second kappa shape index (κ2) is 28.0. The molecule has 11 nitrogen and oxygen atoms in total. The molecule has 1 heterocycles. The van der Waals surface area contributed by atoms with Crippen molar-refractivity contribution >= 4 is 47.9 Å². The third kappa shape index (κ3) is 18.0. The monoisotopic (exact) mass is 876 g/mol. The van der Waals surface area contributed by atoms with Crippen molar-refractivity contribution in [3.05, 3.63) is 76.4 Å². The molecule has 0 saturated carbocycles. The van der Waals surface area contributed by atoms with Crippen LogP contribution in [0.5, 0.6) is 11.5 Å². The van der Waals surface area contributed by atoms with Crippen molar-refractivity contribution < 1.29 is 41.1 Å². The van der Waals surface area contributed by atoms with Crippen LogP contribution in [0.15, 0.2) is 65.3 Å². The maximum absolute atomic E-state index is 14.9. The molecule has 0 aromatic heterocycles. The minimum atomic E-state index is -4.09. The summed E-state index contributed by atoms with van der Waals surface area (Å²) in [4.78, 5) is 16.6. The molecule has 0 spiro atoms. The van der Waals surface area contributed by atoms with Crippen LogP contribution in [0.4, 0.5) is 17.1 Å². The van der Waals surface area contributed by atoms with Crippen molar-refractivity contribution in [2.75, 3.05) is 43.2 Å². The van der Waals surface area contributed by atoms with E-state index >= 15 is 0 Å². The molecule has 2 aromatic rings. The first-order valence-corrected chi connectivity index (χ1v) is 25.4. The average molecular weight is 877 g/mol. The number of amides is 1. The number of rotatable bonds is 30. The lowest BCUT2D eigenvalue weighted by molar-refractivity contribution is 0.0990. The summed E-state index contributed by atoms with van der Waals surface area (Å²) in [7, 11) is -6.90. The molecule has 1 aliphatic rings. The highest BCUT2D eigenvalue weighted by atomic mass is 31.2. The van der Waals surface area contributed by atoms with Gasteiger partial charge in [-0.3, -0.25) is 18.4 Å². The molecule has 0 radical (unpaired) electrons. The molecular weight excluding hydrogens is 805 g/mol. The highest BCUT2D eigenvalue weighted by Crippen LogP contribution is 2.54. The van der Waals surface area contributed by atoms with Crippen LogP contribution in [0.2, 0.25) is 0 Å². The van der Waals surface area contributed by atoms with Gasteiger partial charge in [-0.25, -0.2) is 4.57 Å². The Morgan fingerprint density at radius 1 is 0.814 bits per heavy atom. The fraction of sp³-hybridized carbons (Fsp3) is 0.578. The van der Waals surface area contributed by atoms with E-state index in [9.17, 15) is 13.9 Å². The molecular formula is C45H71N2O9P3. The van der Waals surface area contributed by atoms with Crippen LogP contribution in [0.1, 0.15) is 148 Å². The maximum Gasteiger partial charge on any atom is 0.530 e. The summed E-state index contributed by atoms with van der Waals surface area (Å²) in [5, 5.41) is 3.48. The van der Waals surface area contributed by atoms with E-state index in [0.717, 1.165) is 69.8 Å². The zero-order chi connectivity index (χ0) is 43.0. The fourth-order valence-corrected chi connectivity index (χ4v) is 8.84. The lowest BCUT2D eigenvalue weighted by atomic mass is 10.1. The van der Waals surface area contributed by atoms with Crippen molar-refractivity contribution in [1.29, 1.82) is 0 Å². The smallest absolute Gasteiger partial charge is 0.450 e. The summed E-state index contributed by atoms with van der Waals surface area (Å²) in [6, 6.07) is 8.70.